The van der Waals surface area contributed by atoms with E-state index in [9.17, 15) is 0 Å². The van der Waals surface area contributed by atoms with Crippen LogP contribution < -0.4 is 10.5 Å². The van der Waals surface area contributed by atoms with E-state index in [1.165, 1.54) is 0 Å². The van der Waals surface area contributed by atoms with Gasteiger partial charge in [-0.15, -0.1) is 0 Å². The summed E-state index contributed by atoms with van der Waals surface area (Å²) in [5, 5.41) is 0. The highest BCUT2D eigenvalue weighted by atomic mass is 16.5. The van der Waals surface area contributed by atoms with Crippen LogP contribution in [0.15, 0.2) is 24.3 Å². The molecule has 1 aromatic carbocycles. The van der Waals surface area contributed by atoms with Crippen molar-refractivity contribution in [1.29, 1.82) is 0 Å². The van der Waals surface area contributed by atoms with Crippen molar-refractivity contribution < 1.29 is 9.47 Å². The van der Waals surface area contributed by atoms with Crippen LogP contribution in [0.1, 0.15) is 25.3 Å². The number of nitrogens with two attached hydrogens (primary N) is 1. The zero-order chi connectivity index (χ0) is 11.8. The minimum Gasteiger partial charge on any atom is -0.497 e. The summed E-state index contributed by atoms with van der Waals surface area (Å²) in [4.78, 5) is 0. The Morgan fingerprint density at radius 1 is 1.38 bits per heavy atom. The van der Waals surface area contributed by atoms with Gasteiger partial charge in [-0.2, -0.15) is 0 Å². The maximum atomic E-state index is 5.78. The molecule has 16 heavy (non-hydrogen) atoms. The van der Waals surface area contributed by atoms with Gasteiger partial charge in [-0.05, 0) is 37.1 Å². The van der Waals surface area contributed by atoms with Crippen LogP contribution in [0.5, 0.6) is 5.75 Å². The van der Waals surface area contributed by atoms with Crippen molar-refractivity contribution in [3.05, 3.63) is 29.8 Å². The molecule has 0 amide bonds. The van der Waals surface area contributed by atoms with Crippen molar-refractivity contribution in [3.8, 4) is 5.75 Å². The van der Waals surface area contributed by atoms with Crippen molar-refractivity contribution in [3.63, 3.8) is 0 Å². The van der Waals surface area contributed by atoms with Crippen molar-refractivity contribution in [2.45, 2.75) is 32.5 Å². The highest BCUT2D eigenvalue weighted by molar-refractivity contribution is 5.27. The van der Waals surface area contributed by atoms with Crippen LogP contribution in [-0.4, -0.2) is 19.8 Å². The Morgan fingerprint density at radius 2 is 2.19 bits per heavy atom. The standard InChI is InChI=1S/C13H21NO2/c1-3-12(7-8-14)16-10-11-5-4-6-13(9-11)15-2/h4-6,9,12H,3,7-8,10,14H2,1-2H3. The molecule has 1 rings (SSSR count). The lowest BCUT2D eigenvalue weighted by atomic mass is 10.2. The third-order valence-electron chi connectivity index (χ3n) is 2.56. The first-order valence-corrected chi connectivity index (χ1v) is 5.74. The lowest BCUT2D eigenvalue weighted by Gasteiger charge is -2.15. The van der Waals surface area contributed by atoms with E-state index in [0.717, 1.165) is 24.2 Å². The van der Waals surface area contributed by atoms with Gasteiger partial charge in [-0.3, -0.25) is 0 Å². The smallest absolute Gasteiger partial charge is 0.119 e. The summed E-state index contributed by atoms with van der Waals surface area (Å²) in [5.41, 5.74) is 6.65. The van der Waals surface area contributed by atoms with Crippen LogP contribution in [0.3, 0.4) is 0 Å². The van der Waals surface area contributed by atoms with E-state index in [1.807, 2.05) is 24.3 Å². The predicted octanol–water partition coefficient (Wildman–Crippen LogP) is 2.34. The molecule has 0 spiro atoms. The molecular formula is C13H21NO2. The minimum absolute atomic E-state index is 0.260. The van der Waals surface area contributed by atoms with Gasteiger partial charge in [-0.25, -0.2) is 0 Å². The van der Waals surface area contributed by atoms with Crippen LogP contribution >= 0.6 is 0 Å². The summed E-state index contributed by atoms with van der Waals surface area (Å²) in [6.07, 6.45) is 2.18. The average molecular weight is 223 g/mol. The first kappa shape index (κ1) is 13.0. The minimum atomic E-state index is 0.260. The molecule has 1 aromatic rings. The van der Waals surface area contributed by atoms with Crippen molar-refractivity contribution in [2.24, 2.45) is 5.73 Å². The average Bonchev–Trinajstić information content (AvgIpc) is 2.34. The fraction of sp³-hybridized carbons (Fsp3) is 0.538. The molecule has 0 aliphatic heterocycles. The monoisotopic (exact) mass is 223 g/mol. The Morgan fingerprint density at radius 3 is 2.81 bits per heavy atom. The van der Waals surface area contributed by atoms with Gasteiger partial charge in [0.15, 0.2) is 0 Å². The second-order valence-corrected chi connectivity index (χ2v) is 3.77. The normalized spacial score (nSPS) is 12.4. The third-order valence-corrected chi connectivity index (χ3v) is 2.56. The lowest BCUT2D eigenvalue weighted by molar-refractivity contribution is 0.0342. The maximum absolute atomic E-state index is 5.78. The van der Waals surface area contributed by atoms with Gasteiger partial charge >= 0.3 is 0 Å². The number of methoxy groups -OCH3 is 1. The Kier molecular flexibility index (Phi) is 5.90. The second-order valence-electron chi connectivity index (χ2n) is 3.77. The molecule has 90 valence electrons. The largest absolute Gasteiger partial charge is 0.497 e. The number of hydrogen-bond acceptors (Lipinski definition) is 3. The van der Waals surface area contributed by atoms with Gasteiger partial charge in [0.1, 0.15) is 5.75 Å². The van der Waals surface area contributed by atoms with Crippen molar-refractivity contribution in [2.75, 3.05) is 13.7 Å². The molecule has 0 saturated carbocycles. The van der Waals surface area contributed by atoms with Gasteiger partial charge in [0.05, 0.1) is 19.8 Å². The zero-order valence-corrected chi connectivity index (χ0v) is 10.1. The van der Waals surface area contributed by atoms with Crippen LogP contribution in [0.4, 0.5) is 0 Å². The molecule has 3 heteroatoms. The predicted molar refractivity (Wildman–Crippen MR) is 65.5 cm³/mol. The van der Waals surface area contributed by atoms with Gasteiger partial charge in [0.2, 0.25) is 0 Å². The highest BCUT2D eigenvalue weighted by Gasteiger charge is 2.05. The summed E-state index contributed by atoms with van der Waals surface area (Å²) >= 11 is 0. The zero-order valence-electron chi connectivity index (χ0n) is 10.1. The van der Waals surface area contributed by atoms with Crippen LogP contribution in [0.25, 0.3) is 0 Å². The third kappa shape index (κ3) is 4.21. The molecule has 0 saturated heterocycles. The molecule has 0 radical (unpaired) electrons. The van der Waals surface area contributed by atoms with Gasteiger partial charge in [-0.1, -0.05) is 19.1 Å². The number of hydrogen-bond donors (Lipinski definition) is 1. The van der Waals surface area contributed by atoms with E-state index in [4.69, 9.17) is 15.2 Å². The Bertz CT molecular complexity index is 302. The molecule has 0 aliphatic carbocycles. The summed E-state index contributed by atoms with van der Waals surface area (Å²) in [6, 6.07) is 7.94. The lowest BCUT2D eigenvalue weighted by Crippen LogP contribution is -2.16. The SMILES string of the molecule is CCC(CCN)OCc1cccc(OC)c1. The van der Waals surface area contributed by atoms with E-state index in [-0.39, 0.29) is 6.10 Å². The molecule has 3 nitrogen and oxygen atoms in total. The Balaban J connectivity index is 2.46. The first-order chi connectivity index (χ1) is 7.80. The fourth-order valence-electron chi connectivity index (χ4n) is 1.57. The Labute approximate surface area is 97.6 Å². The van der Waals surface area contributed by atoms with E-state index in [0.29, 0.717) is 13.2 Å². The quantitative estimate of drug-likeness (QED) is 0.771. The summed E-state index contributed by atoms with van der Waals surface area (Å²) in [6.45, 7) is 3.41. The highest BCUT2D eigenvalue weighted by Crippen LogP contribution is 2.14. The van der Waals surface area contributed by atoms with E-state index < -0.39 is 0 Å². The molecule has 1 unspecified atom stereocenters. The second kappa shape index (κ2) is 7.25. The molecular weight excluding hydrogens is 202 g/mol. The van der Waals surface area contributed by atoms with Crippen molar-refractivity contribution >= 4 is 0 Å². The summed E-state index contributed by atoms with van der Waals surface area (Å²) < 4.78 is 10.9. The molecule has 0 aliphatic rings. The van der Waals surface area contributed by atoms with E-state index >= 15 is 0 Å². The molecule has 0 fully saturated rings. The first-order valence-electron chi connectivity index (χ1n) is 5.74. The topological polar surface area (TPSA) is 44.5 Å². The molecule has 0 bridgehead atoms. The molecule has 0 aromatic heterocycles. The molecule has 1 atom stereocenters. The fourth-order valence-corrected chi connectivity index (χ4v) is 1.57. The van der Waals surface area contributed by atoms with Gasteiger partial charge in [0.25, 0.3) is 0 Å². The number of ether oxygens (including phenoxy) is 2. The maximum Gasteiger partial charge on any atom is 0.119 e. The number of benzene rings is 1. The van der Waals surface area contributed by atoms with Crippen LogP contribution in [-0.2, 0) is 11.3 Å². The summed E-state index contributed by atoms with van der Waals surface area (Å²) in [5.74, 6) is 0.868. The van der Waals surface area contributed by atoms with Gasteiger partial charge in [0, 0.05) is 0 Å². The van der Waals surface area contributed by atoms with Crippen molar-refractivity contribution in [1.82, 2.24) is 0 Å². The summed E-state index contributed by atoms with van der Waals surface area (Å²) in [7, 11) is 1.67. The van der Waals surface area contributed by atoms with Crippen LogP contribution in [0.2, 0.25) is 0 Å². The van der Waals surface area contributed by atoms with Crippen LogP contribution in [0, 0.1) is 0 Å². The molecule has 2 N–H and O–H groups in total. The molecule has 0 heterocycles. The van der Waals surface area contributed by atoms with E-state index in [2.05, 4.69) is 6.92 Å². The van der Waals surface area contributed by atoms with E-state index in [1.54, 1.807) is 7.11 Å². The number of rotatable bonds is 7. The van der Waals surface area contributed by atoms with Gasteiger partial charge < -0.3 is 15.2 Å². The Hall–Kier alpha value is -1.06.